The second-order valence-corrected chi connectivity index (χ2v) is 7.52. The highest BCUT2D eigenvalue weighted by Gasteiger charge is 2.44. The molecule has 1 aliphatic rings. The summed E-state index contributed by atoms with van der Waals surface area (Å²) in [6.07, 6.45) is 0.897. The van der Waals surface area contributed by atoms with E-state index in [1.807, 2.05) is 47.8 Å². The molecule has 28 heavy (non-hydrogen) atoms. The highest BCUT2D eigenvalue weighted by atomic mass is 32.1. The van der Waals surface area contributed by atoms with Crippen LogP contribution in [0, 0.1) is 0 Å². The fraction of sp³-hybridized carbons (Fsp3) is 0.130. The van der Waals surface area contributed by atoms with Gasteiger partial charge in [-0.3, -0.25) is 14.5 Å². The van der Waals surface area contributed by atoms with Gasteiger partial charge in [-0.15, -0.1) is 11.3 Å². The molecular weight excluding hydrogens is 370 g/mol. The van der Waals surface area contributed by atoms with Gasteiger partial charge in [0.05, 0.1) is 16.5 Å². The predicted octanol–water partition coefficient (Wildman–Crippen LogP) is 5.09. The van der Waals surface area contributed by atoms with Gasteiger partial charge in [0, 0.05) is 5.69 Å². The molecule has 4 nitrogen and oxygen atoms in total. The summed E-state index contributed by atoms with van der Waals surface area (Å²) in [6, 6.07) is 19.8. The van der Waals surface area contributed by atoms with Crippen LogP contribution in [0.25, 0.3) is 0 Å². The van der Waals surface area contributed by atoms with Gasteiger partial charge >= 0.3 is 0 Å². The number of carbonyl (C=O) groups excluding carboxylic acids is 2. The quantitative estimate of drug-likeness (QED) is 0.618. The van der Waals surface area contributed by atoms with Gasteiger partial charge in [0.2, 0.25) is 5.78 Å². The normalized spacial score (nSPS) is 16.7. The third-order valence-corrected chi connectivity index (χ3v) is 5.80. The largest absolute Gasteiger partial charge is 0.503 e. The van der Waals surface area contributed by atoms with E-state index in [9.17, 15) is 14.7 Å². The van der Waals surface area contributed by atoms with Crippen molar-refractivity contribution < 1.29 is 14.7 Å². The van der Waals surface area contributed by atoms with Crippen molar-refractivity contribution in [3.05, 3.63) is 99.4 Å². The highest BCUT2D eigenvalue weighted by Crippen LogP contribution is 2.42. The number of nitrogens with zero attached hydrogens (tertiary/aromatic N) is 1. The average molecular weight is 389 g/mol. The van der Waals surface area contributed by atoms with Crippen molar-refractivity contribution in [1.82, 2.24) is 0 Å². The number of thiophene rings is 1. The van der Waals surface area contributed by atoms with Gasteiger partial charge in [0.15, 0.2) is 5.76 Å². The first kappa shape index (κ1) is 18.2. The van der Waals surface area contributed by atoms with Crippen molar-refractivity contribution in [2.45, 2.75) is 19.4 Å². The Morgan fingerprint density at radius 2 is 1.75 bits per heavy atom. The SMILES string of the molecule is CCc1ccc(C2C(C(=O)c3cccs3)=C(O)C(=O)N2c2ccccc2)cc1. The average Bonchev–Trinajstić information content (AvgIpc) is 3.36. The Hall–Kier alpha value is -3.18. The summed E-state index contributed by atoms with van der Waals surface area (Å²) in [5.74, 6) is -1.36. The van der Waals surface area contributed by atoms with E-state index in [1.54, 1.807) is 24.3 Å². The van der Waals surface area contributed by atoms with Crippen LogP contribution in [0.4, 0.5) is 5.69 Å². The lowest BCUT2D eigenvalue weighted by Crippen LogP contribution is -2.30. The summed E-state index contributed by atoms with van der Waals surface area (Å²) in [5.41, 5.74) is 2.72. The zero-order valence-electron chi connectivity index (χ0n) is 15.3. The number of hydrogen-bond donors (Lipinski definition) is 1. The van der Waals surface area contributed by atoms with Gasteiger partial charge in [-0.25, -0.2) is 0 Å². The maximum atomic E-state index is 13.2. The first-order valence-corrected chi connectivity index (χ1v) is 9.98. The van der Waals surface area contributed by atoms with E-state index in [-0.39, 0.29) is 11.4 Å². The maximum absolute atomic E-state index is 13.2. The molecule has 0 spiro atoms. The van der Waals surface area contributed by atoms with E-state index in [2.05, 4.69) is 6.92 Å². The number of aliphatic hydroxyl groups is 1. The van der Waals surface area contributed by atoms with Gasteiger partial charge in [0.1, 0.15) is 0 Å². The number of hydrogen-bond acceptors (Lipinski definition) is 4. The molecule has 0 aliphatic carbocycles. The second-order valence-electron chi connectivity index (χ2n) is 6.58. The molecule has 1 N–H and O–H groups in total. The van der Waals surface area contributed by atoms with Crippen LogP contribution in [-0.4, -0.2) is 16.8 Å². The number of carbonyl (C=O) groups is 2. The summed E-state index contributed by atoms with van der Waals surface area (Å²) in [5, 5.41) is 12.5. The lowest BCUT2D eigenvalue weighted by molar-refractivity contribution is -0.117. The Bertz CT molecular complexity index is 1040. The number of benzene rings is 2. The van der Waals surface area contributed by atoms with Crippen LogP contribution in [-0.2, 0) is 11.2 Å². The van der Waals surface area contributed by atoms with Crippen LogP contribution in [0.1, 0.15) is 33.8 Å². The van der Waals surface area contributed by atoms with Crippen molar-refractivity contribution in [2.75, 3.05) is 4.90 Å². The Morgan fingerprint density at radius 1 is 1.04 bits per heavy atom. The van der Waals surface area contributed by atoms with Gasteiger partial charge in [-0.05, 0) is 41.1 Å². The van der Waals surface area contributed by atoms with Crippen LogP contribution in [0.15, 0.2) is 83.4 Å². The standard InChI is InChI=1S/C23H19NO3S/c1-2-15-10-12-16(13-11-15)20-19(21(25)18-9-6-14-28-18)22(26)23(27)24(20)17-7-4-3-5-8-17/h3-14,20,26H,2H2,1H3. The molecule has 0 saturated heterocycles. The lowest BCUT2D eigenvalue weighted by atomic mass is 9.94. The molecule has 1 aromatic heterocycles. The van der Waals surface area contributed by atoms with Crippen molar-refractivity contribution in [1.29, 1.82) is 0 Å². The molecule has 2 aromatic carbocycles. The molecule has 140 valence electrons. The monoisotopic (exact) mass is 389 g/mol. The minimum Gasteiger partial charge on any atom is -0.503 e. The minimum atomic E-state index is -0.671. The van der Waals surface area contributed by atoms with Crippen LogP contribution < -0.4 is 4.90 Å². The first-order valence-electron chi connectivity index (χ1n) is 9.10. The van der Waals surface area contributed by atoms with Crippen LogP contribution >= 0.6 is 11.3 Å². The van der Waals surface area contributed by atoms with Crippen LogP contribution in [0.5, 0.6) is 0 Å². The van der Waals surface area contributed by atoms with E-state index in [0.29, 0.717) is 10.6 Å². The summed E-state index contributed by atoms with van der Waals surface area (Å²) in [4.78, 5) is 28.1. The van der Waals surface area contributed by atoms with Gasteiger partial charge < -0.3 is 5.11 Å². The molecule has 4 rings (SSSR count). The smallest absolute Gasteiger partial charge is 0.294 e. The predicted molar refractivity (Wildman–Crippen MR) is 111 cm³/mol. The zero-order chi connectivity index (χ0) is 19.7. The lowest BCUT2D eigenvalue weighted by Gasteiger charge is -2.27. The third kappa shape index (κ3) is 3.04. The topological polar surface area (TPSA) is 57.6 Å². The molecule has 3 aromatic rings. The van der Waals surface area contributed by atoms with Crippen molar-refractivity contribution in [3.63, 3.8) is 0 Å². The highest BCUT2D eigenvalue weighted by molar-refractivity contribution is 7.12. The van der Waals surface area contributed by atoms with Gasteiger partial charge in [0.25, 0.3) is 5.91 Å². The number of ketones is 1. The third-order valence-electron chi connectivity index (χ3n) is 4.94. The number of amides is 1. The summed E-state index contributed by atoms with van der Waals surface area (Å²) in [7, 11) is 0. The molecule has 1 aliphatic heterocycles. The molecule has 1 amide bonds. The molecule has 1 atom stereocenters. The Morgan fingerprint density at radius 3 is 2.36 bits per heavy atom. The molecule has 2 heterocycles. The van der Waals surface area contributed by atoms with Crippen molar-refractivity contribution in [2.24, 2.45) is 0 Å². The first-order chi connectivity index (χ1) is 13.6. The number of para-hydroxylation sites is 1. The maximum Gasteiger partial charge on any atom is 0.294 e. The zero-order valence-corrected chi connectivity index (χ0v) is 16.1. The number of Topliss-reactive ketones (excluding diaryl/α,β-unsaturated/α-hetero) is 1. The molecule has 0 saturated carbocycles. The van der Waals surface area contributed by atoms with E-state index in [1.165, 1.54) is 21.8 Å². The summed E-state index contributed by atoms with van der Waals surface area (Å²) < 4.78 is 0. The fourth-order valence-electron chi connectivity index (χ4n) is 3.48. The van der Waals surface area contributed by atoms with Gasteiger partial charge in [-0.1, -0.05) is 55.5 Å². The molecule has 0 radical (unpaired) electrons. The molecule has 0 bridgehead atoms. The molecule has 0 fully saturated rings. The van der Waals surface area contributed by atoms with E-state index >= 15 is 0 Å². The molecule has 1 unspecified atom stereocenters. The van der Waals surface area contributed by atoms with Crippen molar-refractivity contribution >= 4 is 28.7 Å². The summed E-state index contributed by atoms with van der Waals surface area (Å²) >= 11 is 1.30. The second kappa shape index (κ2) is 7.44. The van der Waals surface area contributed by atoms with Crippen LogP contribution in [0.3, 0.4) is 0 Å². The molecular formula is C23H19NO3S. The number of aliphatic hydroxyl groups excluding tert-OH is 1. The summed E-state index contributed by atoms with van der Waals surface area (Å²) in [6.45, 7) is 2.07. The van der Waals surface area contributed by atoms with E-state index in [4.69, 9.17) is 0 Å². The van der Waals surface area contributed by atoms with Crippen molar-refractivity contribution in [3.8, 4) is 0 Å². The minimum absolute atomic E-state index is 0.126. The molecule has 5 heteroatoms. The fourth-order valence-corrected chi connectivity index (χ4v) is 4.16. The van der Waals surface area contributed by atoms with Crippen LogP contribution in [0.2, 0.25) is 0 Å². The Kier molecular flexibility index (Phi) is 4.84. The van der Waals surface area contributed by atoms with E-state index < -0.39 is 17.7 Å². The van der Waals surface area contributed by atoms with E-state index in [0.717, 1.165) is 12.0 Å². The number of anilines is 1. The number of aryl methyl sites for hydroxylation is 1. The van der Waals surface area contributed by atoms with Gasteiger partial charge in [-0.2, -0.15) is 0 Å². The Balaban J connectivity index is 1.86. The Labute approximate surface area is 167 Å². The number of rotatable bonds is 5.